The van der Waals surface area contributed by atoms with Crippen LogP contribution in [0.2, 0.25) is 0 Å². The third-order valence-electron chi connectivity index (χ3n) is 6.09. The maximum Gasteiger partial charge on any atom is 0.410 e. The third-order valence-corrected chi connectivity index (χ3v) is 6.09. The second-order valence-electron chi connectivity index (χ2n) is 11.6. The molecule has 0 aromatic heterocycles. The van der Waals surface area contributed by atoms with Gasteiger partial charge in [0.2, 0.25) is 0 Å². The van der Waals surface area contributed by atoms with Gasteiger partial charge < -0.3 is 28.7 Å². The maximum absolute atomic E-state index is 12.0. The molecule has 0 saturated carbocycles. The predicted octanol–water partition coefficient (Wildman–Crippen LogP) is 4.39. The Hall–Kier alpha value is -2.52. The molecule has 2 amide bonds. The SMILES string of the molecule is COC(=O)[C@@H]1CC[C@@H](C)N(C(=O)OC(C)(C)C)C1.COC(=O)[C@H]1CC[C@H](C)N(C(=O)OC(C)(C)C)C1. The second kappa shape index (κ2) is 13.1. The minimum atomic E-state index is -0.519. The molecule has 2 rings (SSSR count). The Balaban J connectivity index is 0.000000360. The summed E-state index contributed by atoms with van der Waals surface area (Å²) in [7, 11) is 2.75. The summed E-state index contributed by atoms with van der Waals surface area (Å²) in [5.41, 5.74) is -1.04. The Morgan fingerprint density at radius 1 is 0.611 bits per heavy atom. The molecule has 2 saturated heterocycles. The highest BCUT2D eigenvalue weighted by Crippen LogP contribution is 2.26. The van der Waals surface area contributed by atoms with E-state index in [1.807, 2.05) is 55.4 Å². The Kier molecular flexibility index (Phi) is 11.5. The van der Waals surface area contributed by atoms with E-state index < -0.39 is 11.2 Å². The van der Waals surface area contributed by atoms with Crippen molar-refractivity contribution in [1.82, 2.24) is 9.80 Å². The number of likely N-dealkylation sites (tertiary alicyclic amines) is 2. The molecule has 0 bridgehead atoms. The monoisotopic (exact) mass is 514 g/mol. The topological polar surface area (TPSA) is 112 Å². The van der Waals surface area contributed by atoms with Gasteiger partial charge in [-0.25, -0.2) is 9.59 Å². The molecule has 208 valence electrons. The lowest BCUT2D eigenvalue weighted by atomic mass is 9.94. The van der Waals surface area contributed by atoms with Crippen molar-refractivity contribution in [1.29, 1.82) is 0 Å². The first-order chi connectivity index (χ1) is 16.5. The lowest BCUT2D eigenvalue weighted by Gasteiger charge is -2.37. The van der Waals surface area contributed by atoms with E-state index in [1.54, 1.807) is 9.80 Å². The van der Waals surface area contributed by atoms with Crippen LogP contribution < -0.4 is 0 Å². The zero-order valence-electron chi connectivity index (χ0n) is 23.7. The zero-order valence-corrected chi connectivity index (χ0v) is 23.7. The van der Waals surface area contributed by atoms with Gasteiger partial charge in [0, 0.05) is 25.2 Å². The van der Waals surface area contributed by atoms with Crippen molar-refractivity contribution in [2.75, 3.05) is 27.3 Å². The molecule has 0 N–H and O–H groups in total. The van der Waals surface area contributed by atoms with Crippen LogP contribution in [-0.2, 0) is 28.5 Å². The van der Waals surface area contributed by atoms with E-state index in [4.69, 9.17) is 18.9 Å². The number of methoxy groups -OCH3 is 2. The second-order valence-corrected chi connectivity index (χ2v) is 11.6. The number of esters is 2. The Morgan fingerprint density at radius 2 is 0.917 bits per heavy atom. The molecule has 0 aliphatic carbocycles. The van der Waals surface area contributed by atoms with Crippen LogP contribution in [0.25, 0.3) is 0 Å². The molecule has 0 radical (unpaired) electrons. The van der Waals surface area contributed by atoms with Crippen molar-refractivity contribution in [2.24, 2.45) is 11.8 Å². The first kappa shape index (κ1) is 31.5. The van der Waals surface area contributed by atoms with Gasteiger partial charge in [0.1, 0.15) is 11.2 Å². The predicted molar refractivity (Wildman–Crippen MR) is 134 cm³/mol. The smallest absolute Gasteiger partial charge is 0.410 e. The average molecular weight is 515 g/mol. The van der Waals surface area contributed by atoms with Crippen molar-refractivity contribution < 1.29 is 38.1 Å². The van der Waals surface area contributed by atoms with E-state index in [0.717, 1.165) is 25.7 Å². The van der Waals surface area contributed by atoms with Gasteiger partial charge in [0.25, 0.3) is 0 Å². The van der Waals surface area contributed by atoms with Crippen molar-refractivity contribution in [3.63, 3.8) is 0 Å². The van der Waals surface area contributed by atoms with Crippen LogP contribution in [0.5, 0.6) is 0 Å². The van der Waals surface area contributed by atoms with E-state index in [-0.39, 0.29) is 48.0 Å². The fourth-order valence-corrected chi connectivity index (χ4v) is 4.08. The van der Waals surface area contributed by atoms with Crippen molar-refractivity contribution in [2.45, 2.75) is 104 Å². The summed E-state index contributed by atoms with van der Waals surface area (Å²) < 4.78 is 20.2. The Labute approximate surface area is 215 Å². The zero-order chi connectivity index (χ0) is 27.8. The largest absolute Gasteiger partial charge is 0.469 e. The van der Waals surface area contributed by atoms with E-state index in [9.17, 15) is 19.2 Å². The van der Waals surface area contributed by atoms with Gasteiger partial charge >= 0.3 is 24.1 Å². The minimum Gasteiger partial charge on any atom is -0.469 e. The fraction of sp³-hybridized carbons (Fsp3) is 0.846. The van der Waals surface area contributed by atoms with E-state index in [2.05, 4.69) is 0 Å². The molecule has 2 fully saturated rings. The van der Waals surface area contributed by atoms with Crippen LogP contribution in [0.1, 0.15) is 81.1 Å². The molecule has 2 heterocycles. The molecule has 2 aliphatic rings. The number of amides is 2. The van der Waals surface area contributed by atoms with E-state index in [1.165, 1.54) is 14.2 Å². The molecule has 0 unspecified atom stereocenters. The molecular formula is C26H46N2O8. The van der Waals surface area contributed by atoms with Gasteiger partial charge in [-0.3, -0.25) is 9.59 Å². The third kappa shape index (κ3) is 10.2. The molecule has 2 aliphatic heterocycles. The van der Waals surface area contributed by atoms with Crippen LogP contribution in [0.15, 0.2) is 0 Å². The number of nitrogens with zero attached hydrogens (tertiary/aromatic N) is 2. The summed E-state index contributed by atoms with van der Waals surface area (Å²) >= 11 is 0. The summed E-state index contributed by atoms with van der Waals surface area (Å²) in [5.74, 6) is -0.983. The van der Waals surface area contributed by atoms with Crippen LogP contribution >= 0.6 is 0 Å². The molecule has 36 heavy (non-hydrogen) atoms. The maximum atomic E-state index is 12.0. The highest BCUT2D eigenvalue weighted by Gasteiger charge is 2.36. The lowest BCUT2D eigenvalue weighted by Crippen LogP contribution is -2.49. The quantitative estimate of drug-likeness (QED) is 0.394. The van der Waals surface area contributed by atoms with Gasteiger partial charge in [-0.2, -0.15) is 0 Å². The van der Waals surface area contributed by atoms with Gasteiger partial charge in [-0.1, -0.05) is 0 Å². The summed E-state index contributed by atoms with van der Waals surface area (Å²) in [6.45, 7) is 15.7. The first-order valence-electron chi connectivity index (χ1n) is 12.6. The number of carbonyl (C=O) groups is 4. The molecule has 10 nitrogen and oxygen atoms in total. The van der Waals surface area contributed by atoms with Gasteiger partial charge in [-0.15, -0.1) is 0 Å². The number of rotatable bonds is 2. The van der Waals surface area contributed by atoms with Crippen LogP contribution in [-0.4, -0.2) is 84.5 Å². The Morgan fingerprint density at radius 3 is 1.17 bits per heavy atom. The van der Waals surface area contributed by atoms with Crippen LogP contribution in [0, 0.1) is 11.8 Å². The summed E-state index contributed by atoms with van der Waals surface area (Å²) in [6, 6.07) is 0.196. The van der Waals surface area contributed by atoms with Crippen molar-refractivity contribution >= 4 is 24.1 Å². The van der Waals surface area contributed by atoms with Crippen molar-refractivity contribution in [3.05, 3.63) is 0 Å². The normalized spacial score (nSPS) is 24.6. The summed E-state index contributed by atoms with van der Waals surface area (Å²) in [5, 5.41) is 0. The number of hydrogen-bond acceptors (Lipinski definition) is 8. The van der Waals surface area contributed by atoms with E-state index >= 15 is 0 Å². The molecule has 0 aromatic rings. The Bertz CT molecular complexity index is 707. The molecular weight excluding hydrogens is 468 g/mol. The van der Waals surface area contributed by atoms with E-state index in [0.29, 0.717) is 13.1 Å². The standard InChI is InChI=1S/2C13H23NO4/c2*1-9-6-7-10(11(15)17-5)8-14(9)12(16)18-13(2,3)4/h2*9-10H,6-8H2,1-5H3/t2*9-,10-/m10/s1. The van der Waals surface area contributed by atoms with Crippen molar-refractivity contribution in [3.8, 4) is 0 Å². The molecule has 10 heteroatoms. The highest BCUT2D eigenvalue weighted by atomic mass is 16.6. The molecule has 0 spiro atoms. The van der Waals surface area contributed by atoms with Gasteiger partial charge in [0.05, 0.1) is 26.1 Å². The number of piperidine rings is 2. The molecule has 0 aromatic carbocycles. The lowest BCUT2D eigenvalue weighted by molar-refractivity contribution is -0.148. The van der Waals surface area contributed by atoms with Gasteiger partial charge in [0.15, 0.2) is 0 Å². The average Bonchev–Trinajstić information content (AvgIpc) is 2.76. The number of carbonyl (C=O) groups excluding carboxylic acids is 4. The first-order valence-corrected chi connectivity index (χ1v) is 12.6. The minimum absolute atomic E-state index is 0.0979. The van der Waals surface area contributed by atoms with Crippen LogP contribution in [0.3, 0.4) is 0 Å². The number of hydrogen-bond donors (Lipinski definition) is 0. The fourth-order valence-electron chi connectivity index (χ4n) is 4.08. The molecule has 4 atom stereocenters. The summed E-state index contributed by atoms with van der Waals surface area (Å²) in [6.07, 6.45) is 2.38. The highest BCUT2D eigenvalue weighted by molar-refractivity contribution is 5.75. The van der Waals surface area contributed by atoms with Crippen LogP contribution in [0.4, 0.5) is 9.59 Å². The number of ether oxygens (including phenoxy) is 4. The summed E-state index contributed by atoms with van der Waals surface area (Å²) in [4.78, 5) is 50.4. The van der Waals surface area contributed by atoms with Gasteiger partial charge in [-0.05, 0) is 81.1 Å².